The number of thioether (sulfide) groups is 1. The van der Waals surface area contributed by atoms with Gasteiger partial charge in [-0.25, -0.2) is 0 Å². The zero-order valence-electron chi connectivity index (χ0n) is 12.3. The van der Waals surface area contributed by atoms with Crippen molar-refractivity contribution in [2.75, 3.05) is 18.1 Å². The lowest BCUT2D eigenvalue weighted by Gasteiger charge is -2.43. The average molecular weight is 292 g/mol. The van der Waals surface area contributed by atoms with Gasteiger partial charge in [-0.1, -0.05) is 19.1 Å². The molecule has 0 aliphatic carbocycles. The molecule has 0 aromatic heterocycles. The maximum Gasteiger partial charge on any atom is 0.119 e. The molecule has 1 spiro atoms. The van der Waals surface area contributed by atoms with Crippen LogP contribution >= 0.6 is 11.8 Å². The summed E-state index contributed by atoms with van der Waals surface area (Å²) in [5.41, 5.74) is 1.45. The molecule has 2 nitrogen and oxygen atoms in total. The average Bonchev–Trinajstić information content (AvgIpc) is 2.48. The quantitative estimate of drug-likeness (QED) is 0.836. The highest BCUT2D eigenvalue weighted by molar-refractivity contribution is 7.99. The Kier molecular flexibility index (Phi) is 4.57. The summed E-state index contributed by atoms with van der Waals surface area (Å²) in [7, 11) is 0. The van der Waals surface area contributed by atoms with Gasteiger partial charge in [-0.15, -0.1) is 0 Å². The number of benzene rings is 1. The van der Waals surface area contributed by atoms with Crippen LogP contribution in [0.5, 0.6) is 5.75 Å². The highest BCUT2D eigenvalue weighted by atomic mass is 32.2. The topological polar surface area (TPSA) is 18.5 Å². The molecule has 1 aromatic rings. The van der Waals surface area contributed by atoms with E-state index in [0.717, 1.165) is 31.6 Å². The lowest BCUT2D eigenvalue weighted by atomic mass is 9.86. The second-order valence-corrected chi connectivity index (χ2v) is 7.10. The fourth-order valence-electron chi connectivity index (χ4n) is 3.21. The van der Waals surface area contributed by atoms with Crippen molar-refractivity contribution in [1.82, 2.24) is 0 Å². The van der Waals surface area contributed by atoms with Crippen molar-refractivity contribution in [3.63, 3.8) is 0 Å². The van der Waals surface area contributed by atoms with Crippen molar-refractivity contribution in [2.45, 2.75) is 50.7 Å². The van der Waals surface area contributed by atoms with Crippen molar-refractivity contribution < 1.29 is 9.47 Å². The highest BCUT2D eigenvalue weighted by Crippen LogP contribution is 2.38. The third-order valence-corrected chi connectivity index (χ3v) is 5.45. The van der Waals surface area contributed by atoms with Crippen LogP contribution in [0.1, 0.15) is 38.2 Å². The number of hydrogen-bond donors (Lipinski definition) is 0. The van der Waals surface area contributed by atoms with E-state index >= 15 is 0 Å². The van der Waals surface area contributed by atoms with Gasteiger partial charge in [0, 0.05) is 12.8 Å². The Hall–Kier alpha value is -0.670. The predicted octanol–water partition coefficient (Wildman–Crippen LogP) is 4.07. The van der Waals surface area contributed by atoms with Crippen LogP contribution in [0.4, 0.5) is 0 Å². The van der Waals surface area contributed by atoms with Crippen molar-refractivity contribution in [1.29, 1.82) is 0 Å². The molecule has 0 N–H and O–H groups in total. The molecule has 3 heteroatoms. The Morgan fingerprint density at radius 1 is 1.35 bits per heavy atom. The van der Waals surface area contributed by atoms with Crippen molar-refractivity contribution >= 4 is 11.8 Å². The van der Waals surface area contributed by atoms with E-state index in [1.807, 2.05) is 0 Å². The van der Waals surface area contributed by atoms with E-state index in [2.05, 4.69) is 43.0 Å². The van der Waals surface area contributed by atoms with Crippen molar-refractivity contribution in [3.05, 3.63) is 29.8 Å². The molecule has 0 bridgehead atoms. The first kappa shape index (κ1) is 14.3. The number of hydrogen-bond acceptors (Lipinski definition) is 3. The minimum atomic E-state index is 0.108. The van der Waals surface area contributed by atoms with Crippen LogP contribution in [0.3, 0.4) is 0 Å². The number of aryl methyl sites for hydroxylation is 1. The summed E-state index contributed by atoms with van der Waals surface area (Å²) in [5.74, 6) is 3.49. The fourth-order valence-corrected chi connectivity index (χ4v) is 4.44. The largest absolute Gasteiger partial charge is 0.490 e. The Morgan fingerprint density at radius 3 is 3.00 bits per heavy atom. The molecule has 0 radical (unpaired) electrons. The molecule has 2 fully saturated rings. The molecule has 20 heavy (non-hydrogen) atoms. The first-order chi connectivity index (χ1) is 9.80. The standard InChI is InChI=1S/C17H24O2S/c1-2-14-4-3-5-15(12-14)19-16-6-9-18-17(13-16)7-10-20-11-8-17/h3-5,12,16H,2,6-11,13H2,1H3. The normalized spacial score (nSPS) is 25.6. The third-order valence-electron chi connectivity index (χ3n) is 4.46. The van der Waals surface area contributed by atoms with Gasteiger partial charge < -0.3 is 9.47 Å². The summed E-state index contributed by atoms with van der Waals surface area (Å²) in [5, 5.41) is 0. The molecule has 2 aliphatic rings. The van der Waals surface area contributed by atoms with Crippen molar-refractivity contribution in [3.8, 4) is 5.75 Å². The van der Waals surface area contributed by atoms with Crippen LogP contribution in [0, 0.1) is 0 Å². The molecule has 1 atom stereocenters. The van der Waals surface area contributed by atoms with Gasteiger partial charge in [-0.3, -0.25) is 0 Å². The summed E-state index contributed by atoms with van der Waals surface area (Å²) >= 11 is 2.05. The SMILES string of the molecule is CCc1cccc(OC2CCOC3(CCSCC3)C2)c1. The van der Waals surface area contributed by atoms with E-state index in [4.69, 9.17) is 9.47 Å². The van der Waals surface area contributed by atoms with E-state index < -0.39 is 0 Å². The van der Waals surface area contributed by atoms with Crippen LogP contribution in [-0.2, 0) is 11.2 Å². The van der Waals surface area contributed by atoms with Crippen LogP contribution in [0.25, 0.3) is 0 Å². The van der Waals surface area contributed by atoms with E-state index in [-0.39, 0.29) is 5.60 Å². The highest BCUT2D eigenvalue weighted by Gasteiger charge is 2.39. The molecule has 0 saturated carbocycles. The van der Waals surface area contributed by atoms with Gasteiger partial charge in [0.1, 0.15) is 11.9 Å². The van der Waals surface area contributed by atoms with Gasteiger partial charge in [0.25, 0.3) is 0 Å². The van der Waals surface area contributed by atoms with Crippen LogP contribution < -0.4 is 4.74 Å². The Morgan fingerprint density at radius 2 is 2.20 bits per heavy atom. The summed E-state index contributed by atoms with van der Waals surface area (Å²) in [6.07, 6.45) is 5.83. The first-order valence-electron chi connectivity index (χ1n) is 7.77. The van der Waals surface area contributed by atoms with Crippen LogP contribution in [0.2, 0.25) is 0 Å². The monoisotopic (exact) mass is 292 g/mol. The fraction of sp³-hybridized carbons (Fsp3) is 0.647. The Labute approximate surface area is 126 Å². The summed E-state index contributed by atoms with van der Waals surface area (Å²) in [6, 6.07) is 8.52. The van der Waals surface area contributed by atoms with E-state index in [0.29, 0.717) is 6.10 Å². The number of rotatable bonds is 3. The van der Waals surface area contributed by atoms with Crippen LogP contribution in [0.15, 0.2) is 24.3 Å². The third kappa shape index (κ3) is 3.32. The van der Waals surface area contributed by atoms with Gasteiger partial charge in [-0.2, -0.15) is 11.8 Å². The van der Waals surface area contributed by atoms with Gasteiger partial charge in [-0.05, 0) is 48.5 Å². The zero-order chi connectivity index (χ0) is 13.8. The maximum absolute atomic E-state index is 6.24. The van der Waals surface area contributed by atoms with Gasteiger partial charge in [0.2, 0.25) is 0 Å². The van der Waals surface area contributed by atoms with Crippen LogP contribution in [-0.4, -0.2) is 29.8 Å². The molecular weight excluding hydrogens is 268 g/mol. The summed E-state index contributed by atoms with van der Waals surface area (Å²) < 4.78 is 12.4. The number of ether oxygens (including phenoxy) is 2. The molecule has 2 saturated heterocycles. The molecular formula is C17H24O2S. The molecule has 1 aromatic carbocycles. The second kappa shape index (κ2) is 6.40. The smallest absolute Gasteiger partial charge is 0.119 e. The summed E-state index contributed by atoms with van der Waals surface area (Å²) in [6.45, 7) is 3.03. The second-order valence-electron chi connectivity index (χ2n) is 5.88. The molecule has 110 valence electrons. The lowest BCUT2D eigenvalue weighted by Crippen LogP contribution is -2.46. The van der Waals surface area contributed by atoms with Gasteiger partial charge in [0.15, 0.2) is 0 Å². The lowest BCUT2D eigenvalue weighted by molar-refractivity contribution is -0.116. The van der Waals surface area contributed by atoms with Gasteiger partial charge in [0.05, 0.1) is 12.2 Å². The molecule has 2 aliphatic heterocycles. The maximum atomic E-state index is 6.24. The van der Waals surface area contributed by atoms with E-state index in [9.17, 15) is 0 Å². The Balaban J connectivity index is 1.64. The van der Waals surface area contributed by atoms with Gasteiger partial charge >= 0.3 is 0 Å². The first-order valence-corrected chi connectivity index (χ1v) is 8.92. The van der Waals surface area contributed by atoms with E-state index in [1.165, 1.54) is 29.9 Å². The minimum absolute atomic E-state index is 0.108. The molecule has 1 unspecified atom stereocenters. The zero-order valence-corrected chi connectivity index (χ0v) is 13.1. The summed E-state index contributed by atoms with van der Waals surface area (Å²) in [4.78, 5) is 0. The van der Waals surface area contributed by atoms with E-state index in [1.54, 1.807) is 0 Å². The Bertz CT molecular complexity index is 435. The van der Waals surface area contributed by atoms with Crippen molar-refractivity contribution in [2.24, 2.45) is 0 Å². The molecule has 0 amide bonds. The molecule has 2 heterocycles. The molecule has 3 rings (SSSR count). The predicted molar refractivity (Wildman–Crippen MR) is 84.7 cm³/mol. The minimum Gasteiger partial charge on any atom is -0.490 e.